The van der Waals surface area contributed by atoms with Crippen LogP contribution in [0.3, 0.4) is 0 Å². The second-order valence-electron chi connectivity index (χ2n) is 5.30. The fourth-order valence-electron chi connectivity index (χ4n) is 2.87. The molecule has 102 valence electrons. The number of hydrogen-bond acceptors (Lipinski definition) is 4. The molecule has 0 aromatic carbocycles. The van der Waals surface area contributed by atoms with Crippen molar-refractivity contribution in [2.45, 2.75) is 50.1 Å². The van der Waals surface area contributed by atoms with E-state index in [1.807, 2.05) is 0 Å². The summed E-state index contributed by atoms with van der Waals surface area (Å²) in [6.07, 6.45) is 9.63. The number of hydrogen-bond donors (Lipinski definition) is 0. The van der Waals surface area contributed by atoms with Gasteiger partial charge in [-0.05, 0) is 12.8 Å². The molecule has 0 aromatic heterocycles. The molecule has 0 N–H and O–H groups in total. The van der Waals surface area contributed by atoms with Crippen LogP contribution in [0, 0.1) is 0 Å². The lowest BCUT2D eigenvalue weighted by molar-refractivity contribution is -0.303. The maximum Gasteiger partial charge on any atom is 0.171 e. The Morgan fingerprint density at radius 2 is 1.00 bits per heavy atom. The molecule has 0 aromatic rings. The van der Waals surface area contributed by atoms with Crippen molar-refractivity contribution < 1.29 is 18.9 Å². The summed E-state index contributed by atoms with van der Waals surface area (Å²) in [6, 6.07) is 0. The summed E-state index contributed by atoms with van der Waals surface area (Å²) < 4.78 is 23.6. The van der Waals surface area contributed by atoms with Gasteiger partial charge in [0, 0.05) is 25.7 Å². The Labute approximate surface area is 108 Å². The Kier molecular flexibility index (Phi) is 3.71. The predicted molar refractivity (Wildman–Crippen MR) is 66.1 cm³/mol. The lowest BCUT2D eigenvalue weighted by atomic mass is 9.94. The summed E-state index contributed by atoms with van der Waals surface area (Å²) in [5, 5.41) is 0. The molecule has 0 saturated carbocycles. The Bertz CT molecular complexity index is 271. The first-order chi connectivity index (χ1) is 8.83. The molecule has 2 fully saturated rings. The standard InChI is InChI=1S/C14H22O4/c1-2-6-14(17-11-4-12-18-14)8-7-13(5-1)15-9-3-10-16-13/h1-2H,3-12H2/b2-1-. The van der Waals surface area contributed by atoms with E-state index in [0.717, 1.165) is 65.0 Å². The highest BCUT2D eigenvalue weighted by atomic mass is 16.7. The van der Waals surface area contributed by atoms with Crippen LogP contribution in [0.4, 0.5) is 0 Å². The highest BCUT2D eigenvalue weighted by Crippen LogP contribution is 2.37. The van der Waals surface area contributed by atoms with Gasteiger partial charge in [-0.15, -0.1) is 0 Å². The van der Waals surface area contributed by atoms with Gasteiger partial charge in [0.2, 0.25) is 0 Å². The monoisotopic (exact) mass is 254 g/mol. The van der Waals surface area contributed by atoms with Crippen molar-refractivity contribution in [2.75, 3.05) is 26.4 Å². The molecule has 2 saturated heterocycles. The van der Waals surface area contributed by atoms with Crippen molar-refractivity contribution in [1.82, 2.24) is 0 Å². The smallest absolute Gasteiger partial charge is 0.171 e. The average molecular weight is 254 g/mol. The van der Waals surface area contributed by atoms with Gasteiger partial charge in [0.1, 0.15) is 0 Å². The van der Waals surface area contributed by atoms with Gasteiger partial charge in [0.15, 0.2) is 11.6 Å². The first-order valence-electron chi connectivity index (χ1n) is 7.04. The van der Waals surface area contributed by atoms with Crippen LogP contribution in [0.5, 0.6) is 0 Å². The highest BCUT2D eigenvalue weighted by molar-refractivity contribution is 4.97. The van der Waals surface area contributed by atoms with E-state index in [2.05, 4.69) is 12.2 Å². The second kappa shape index (κ2) is 5.29. The van der Waals surface area contributed by atoms with Gasteiger partial charge in [-0.25, -0.2) is 0 Å². The van der Waals surface area contributed by atoms with Crippen LogP contribution in [0.2, 0.25) is 0 Å². The molecule has 1 aliphatic carbocycles. The number of ether oxygens (including phenoxy) is 4. The van der Waals surface area contributed by atoms with E-state index in [4.69, 9.17) is 18.9 Å². The maximum absolute atomic E-state index is 5.89. The fourth-order valence-corrected chi connectivity index (χ4v) is 2.87. The minimum absolute atomic E-state index is 0.438. The molecular formula is C14H22O4. The first-order valence-corrected chi connectivity index (χ1v) is 7.04. The van der Waals surface area contributed by atoms with E-state index in [1.165, 1.54) is 0 Å². The van der Waals surface area contributed by atoms with Crippen LogP contribution in [0.1, 0.15) is 38.5 Å². The average Bonchev–Trinajstić information content (AvgIpc) is 2.43. The molecule has 4 nitrogen and oxygen atoms in total. The van der Waals surface area contributed by atoms with E-state index in [0.29, 0.717) is 0 Å². The molecule has 2 heterocycles. The molecule has 0 atom stereocenters. The molecule has 0 bridgehead atoms. The zero-order chi connectivity index (χ0) is 12.3. The lowest BCUT2D eigenvalue weighted by Crippen LogP contribution is -2.46. The lowest BCUT2D eigenvalue weighted by Gasteiger charge is -2.43. The maximum atomic E-state index is 5.89. The number of rotatable bonds is 0. The Morgan fingerprint density at radius 3 is 1.39 bits per heavy atom. The summed E-state index contributed by atoms with van der Waals surface area (Å²) in [6.45, 7) is 3.18. The van der Waals surface area contributed by atoms with Crippen LogP contribution < -0.4 is 0 Å². The molecule has 2 aliphatic heterocycles. The summed E-state index contributed by atoms with van der Waals surface area (Å²) in [5.41, 5.74) is 0. The van der Waals surface area contributed by atoms with Crippen molar-refractivity contribution >= 4 is 0 Å². The zero-order valence-corrected chi connectivity index (χ0v) is 10.9. The Morgan fingerprint density at radius 1 is 0.611 bits per heavy atom. The largest absolute Gasteiger partial charge is 0.350 e. The second-order valence-corrected chi connectivity index (χ2v) is 5.30. The molecule has 0 radical (unpaired) electrons. The van der Waals surface area contributed by atoms with Crippen molar-refractivity contribution in [2.24, 2.45) is 0 Å². The minimum atomic E-state index is -0.438. The van der Waals surface area contributed by atoms with Crippen molar-refractivity contribution in [3.8, 4) is 0 Å². The molecule has 2 spiro atoms. The van der Waals surface area contributed by atoms with Gasteiger partial charge >= 0.3 is 0 Å². The summed E-state index contributed by atoms with van der Waals surface area (Å²) >= 11 is 0. The Hall–Kier alpha value is -0.420. The minimum Gasteiger partial charge on any atom is -0.350 e. The normalized spacial score (nSPS) is 32.9. The molecule has 3 rings (SSSR count). The van der Waals surface area contributed by atoms with E-state index < -0.39 is 11.6 Å². The van der Waals surface area contributed by atoms with Gasteiger partial charge in [-0.3, -0.25) is 0 Å². The van der Waals surface area contributed by atoms with Crippen LogP contribution in [-0.4, -0.2) is 38.0 Å². The van der Waals surface area contributed by atoms with Gasteiger partial charge < -0.3 is 18.9 Å². The summed E-state index contributed by atoms with van der Waals surface area (Å²) in [4.78, 5) is 0. The summed E-state index contributed by atoms with van der Waals surface area (Å²) in [7, 11) is 0. The van der Waals surface area contributed by atoms with E-state index in [9.17, 15) is 0 Å². The highest BCUT2D eigenvalue weighted by Gasteiger charge is 2.41. The third kappa shape index (κ3) is 2.62. The Balaban J connectivity index is 1.71. The SMILES string of the molecule is C1=C\CC2(CCC3(C/1)OCCCO3)OCCCO2. The molecule has 0 unspecified atom stereocenters. The van der Waals surface area contributed by atoms with Crippen molar-refractivity contribution in [3.63, 3.8) is 0 Å². The molecule has 18 heavy (non-hydrogen) atoms. The predicted octanol–water partition coefficient (Wildman–Crippen LogP) is 2.38. The van der Waals surface area contributed by atoms with Crippen LogP contribution in [-0.2, 0) is 18.9 Å². The van der Waals surface area contributed by atoms with Gasteiger partial charge in [-0.2, -0.15) is 0 Å². The molecule has 3 aliphatic rings. The van der Waals surface area contributed by atoms with E-state index in [1.54, 1.807) is 0 Å². The van der Waals surface area contributed by atoms with Crippen LogP contribution in [0.15, 0.2) is 12.2 Å². The third-order valence-electron chi connectivity index (χ3n) is 3.95. The van der Waals surface area contributed by atoms with Gasteiger partial charge in [0.25, 0.3) is 0 Å². The van der Waals surface area contributed by atoms with Crippen molar-refractivity contribution in [3.05, 3.63) is 12.2 Å². The van der Waals surface area contributed by atoms with E-state index >= 15 is 0 Å². The third-order valence-corrected chi connectivity index (χ3v) is 3.95. The van der Waals surface area contributed by atoms with Crippen molar-refractivity contribution in [1.29, 1.82) is 0 Å². The fraction of sp³-hybridized carbons (Fsp3) is 0.857. The quantitative estimate of drug-likeness (QED) is 0.622. The van der Waals surface area contributed by atoms with Gasteiger partial charge in [0.05, 0.1) is 26.4 Å². The van der Waals surface area contributed by atoms with E-state index in [-0.39, 0.29) is 0 Å². The van der Waals surface area contributed by atoms with Crippen LogP contribution in [0.25, 0.3) is 0 Å². The first kappa shape index (κ1) is 12.6. The van der Waals surface area contributed by atoms with Crippen LogP contribution >= 0.6 is 0 Å². The molecule has 4 heteroatoms. The van der Waals surface area contributed by atoms with Gasteiger partial charge in [-0.1, -0.05) is 12.2 Å². The topological polar surface area (TPSA) is 36.9 Å². The molecular weight excluding hydrogens is 232 g/mol. The zero-order valence-electron chi connectivity index (χ0n) is 10.9. The molecule has 0 amide bonds. The summed E-state index contributed by atoms with van der Waals surface area (Å²) in [5.74, 6) is -0.876.